The number of piperidine rings is 1. The van der Waals surface area contributed by atoms with Gasteiger partial charge in [0.2, 0.25) is 5.91 Å². The standard InChI is InChI=1S/C30H36N4O5S/c1-2-40(37,38)29(31)23-12-14-24(15-13-23)32-28(35)18-21-34-19-16-25(17-20-34)39-30(36)33-27-11-7-6-10-26(27)22-8-4-3-5-9-22/h3-15,25,29H,2,16-21,31H2,1H3,(H,32,35)(H,33,36). The van der Waals surface area contributed by atoms with Crippen molar-refractivity contribution in [1.29, 1.82) is 0 Å². The molecule has 0 saturated carbocycles. The second-order valence-electron chi connectivity index (χ2n) is 9.78. The summed E-state index contributed by atoms with van der Waals surface area (Å²) < 4.78 is 29.6. The Hall–Kier alpha value is -3.73. The quantitative estimate of drug-likeness (QED) is 0.323. The highest BCUT2D eigenvalue weighted by atomic mass is 32.2. The number of ether oxygens (including phenoxy) is 1. The van der Waals surface area contributed by atoms with E-state index in [0.717, 1.165) is 24.2 Å². The molecule has 40 heavy (non-hydrogen) atoms. The molecular formula is C30H36N4O5S. The number of para-hydroxylation sites is 1. The van der Waals surface area contributed by atoms with Gasteiger partial charge >= 0.3 is 6.09 Å². The van der Waals surface area contributed by atoms with Gasteiger partial charge in [0.05, 0.1) is 5.69 Å². The van der Waals surface area contributed by atoms with Crippen LogP contribution < -0.4 is 16.4 Å². The Morgan fingerprint density at radius 3 is 2.27 bits per heavy atom. The third kappa shape index (κ3) is 7.91. The maximum Gasteiger partial charge on any atom is 0.411 e. The normalized spacial score (nSPS) is 15.2. The Morgan fingerprint density at radius 2 is 1.60 bits per heavy atom. The number of nitrogens with two attached hydrogens (primary N) is 1. The molecule has 3 aromatic rings. The van der Waals surface area contributed by atoms with Crippen molar-refractivity contribution in [3.8, 4) is 11.1 Å². The van der Waals surface area contributed by atoms with Crippen molar-refractivity contribution in [2.75, 3.05) is 36.0 Å². The van der Waals surface area contributed by atoms with E-state index in [-0.39, 0.29) is 17.8 Å². The molecule has 10 heteroatoms. The largest absolute Gasteiger partial charge is 0.446 e. The minimum atomic E-state index is -3.39. The molecule has 212 valence electrons. The Bertz CT molecular complexity index is 1390. The highest BCUT2D eigenvalue weighted by Crippen LogP contribution is 2.28. The van der Waals surface area contributed by atoms with E-state index in [0.29, 0.717) is 42.7 Å². The second kappa shape index (κ2) is 13.6. The van der Waals surface area contributed by atoms with E-state index in [1.165, 1.54) is 0 Å². The number of amides is 2. The van der Waals surface area contributed by atoms with Gasteiger partial charge in [-0.05, 0) is 42.2 Å². The molecule has 0 spiro atoms. The predicted octanol–water partition coefficient (Wildman–Crippen LogP) is 4.79. The van der Waals surface area contributed by atoms with E-state index in [9.17, 15) is 18.0 Å². The van der Waals surface area contributed by atoms with E-state index in [4.69, 9.17) is 10.5 Å². The first-order valence-corrected chi connectivity index (χ1v) is 15.2. The molecule has 0 bridgehead atoms. The summed E-state index contributed by atoms with van der Waals surface area (Å²) in [5, 5.41) is 4.65. The van der Waals surface area contributed by atoms with Gasteiger partial charge in [0.15, 0.2) is 9.84 Å². The molecule has 1 aliphatic rings. The Balaban J connectivity index is 1.18. The molecular weight excluding hydrogens is 528 g/mol. The van der Waals surface area contributed by atoms with Gasteiger partial charge in [-0.2, -0.15) is 0 Å². The molecule has 4 rings (SSSR count). The van der Waals surface area contributed by atoms with Crippen LogP contribution >= 0.6 is 0 Å². The minimum absolute atomic E-state index is 0.0352. The van der Waals surface area contributed by atoms with Crippen LogP contribution in [0.25, 0.3) is 11.1 Å². The third-order valence-corrected chi connectivity index (χ3v) is 8.87. The van der Waals surface area contributed by atoms with Crippen LogP contribution in [0.1, 0.15) is 37.1 Å². The number of rotatable bonds is 10. The predicted molar refractivity (Wildman–Crippen MR) is 158 cm³/mol. The zero-order valence-electron chi connectivity index (χ0n) is 22.6. The molecule has 1 saturated heterocycles. The first-order chi connectivity index (χ1) is 19.2. The van der Waals surface area contributed by atoms with E-state index < -0.39 is 21.3 Å². The van der Waals surface area contributed by atoms with E-state index in [1.807, 2.05) is 54.6 Å². The number of benzene rings is 3. The zero-order valence-corrected chi connectivity index (χ0v) is 23.4. The van der Waals surface area contributed by atoms with Crippen molar-refractivity contribution >= 4 is 33.2 Å². The number of likely N-dealkylation sites (tertiary alicyclic amines) is 1. The lowest BCUT2D eigenvalue weighted by Crippen LogP contribution is -2.39. The first-order valence-electron chi connectivity index (χ1n) is 13.5. The van der Waals surface area contributed by atoms with Crippen molar-refractivity contribution in [3.05, 3.63) is 84.4 Å². The van der Waals surface area contributed by atoms with E-state index >= 15 is 0 Å². The molecule has 1 heterocycles. The Labute approximate surface area is 235 Å². The van der Waals surface area contributed by atoms with Gasteiger partial charge in [0.25, 0.3) is 0 Å². The fourth-order valence-corrected chi connectivity index (χ4v) is 5.56. The summed E-state index contributed by atoms with van der Waals surface area (Å²) in [5.74, 6) is -0.167. The second-order valence-corrected chi connectivity index (χ2v) is 12.2. The van der Waals surface area contributed by atoms with Crippen LogP contribution in [0.4, 0.5) is 16.2 Å². The van der Waals surface area contributed by atoms with Crippen LogP contribution in [0.15, 0.2) is 78.9 Å². The highest BCUT2D eigenvalue weighted by molar-refractivity contribution is 7.91. The van der Waals surface area contributed by atoms with E-state index in [1.54, 1.807) is 31.2 Å². The van der Waals surface area contributed by atoms with Gasteiger partial charge in [0, 0.05) is 43.1 Å². The van der Waals surface area contributed by atoms with Crippen LogP contribution in [-0.4, -0.2) is 56.8 Å². The topological polar surface area (TPSA) is 131 Å². The summed E-state index contributed by atoms with van der Waals surface area (Å²) in [5.41, 5.74) is 9.56. The number of nitrogens with one attached hydrogen (secondary N) is 2. The average molecular weight is 565 g/mol. The summed E-state index contributed by atoms with van der Waals surface area (Å²) in [4.78, 5) is 27.3. The van der Waals surface area contributed by atoms with Gasteiger partial charge in [-0.1, -0.05) is 67.6 Å². The van der Waals surface area contributed by atoms with Crippen molar-refractivity contribution in [1.82, 2.24) is 4.90 Å². The summed E-state index contributed by atoms with van der Waals surface area (Å²) in [6.45, 7) is 3.60. The lowest BCUT2D eigenvalue weighted by Gasteiger charge is -2.31. The van der Waals surface area contributed by atoms with Crippen LogP contribution in [0.2, 0.25) is 0 Å². The molecule has 2 amide bonds. The van der Waals surface area contributed by atoms with Crippen LogP contribution in [-0.2, 0) is 19.4 Å². The molecule has 0 aliphatic carbocycles. The van der Waals surface area contributed by atoms with Gasteiger partial charge < -0.3 is 20.7 Å². The van der Waals surface area contributed by atoms with Crippen molar-refractivity contribution in [2.45, 2.75) is 37.7 Å². The fraction of sp³-hybridized carbons (Fsp3) is 0.333. The molecule has 1 atom stereocenters. The molecule has 0 aromatic heterocycles. The number of nitrogens with zero attached hydrogens (tertiary/aromatic N) is 1. The molecule has 9 nitrogen and oxygen atoms in total. The summed E-state index contributed by atoms with van der Waals surface area (Å²) in [7, 11) is -3.39. The SMILES string of the molecule is CCS(=O)(=O)C(N)c1ccc(NC(=O)CCN2CCC(OC(=O)Nc3ccccc3-c3ccccc3)CC2)cc1. The van der Waals surface area contributed by atoms with Gasteiger partial charge in [0.1, 0.15) is 11.5 Å². The smallest absolute Gasteiger partial charge is 0.411 e. The highest BCUT2D eigenvalue weighted by Gasteiger charge is 2.24. The number of carbonyl (C=O) groups excluding carboxylic acids is 2. The number of hydrogen-bond acceptors (Lipinski definition) is 7. The van der Waals surface area contributed by atoms with Crippen LogP contribution in [0.5, 0.6) is 0 Å². The van der Waals surface area contributed by atoms with Crippen molar-refractivity contribution in [2.24, 2.45) is 5.73 Å². The van der Waals surface area contributed by atoms with Gasteiger partial charge in [-0.25, -0.2) is 13.2 Å². The maximum atomic E-state index is 12.6. The van der Waals surface area contributed by atoms with Crippen LogP contribution in [0.3, 0.4) is 0 Å². The van der Waals surface area contributed by atoms with Gasteiger partial charge in [-0.15, -0.1) is 0 Å². The lowest BCUT2D eigenvalue weighted by molar-refractivity contribution is -0.116. The summed E-state index contributed by atoms with van der Waals surface area (Å²) >= 11 is 0. The molecule has 1 aliphatic heterocycles. The van der Waals surface area contributed by atoms with Gasteiger partial charge in [-0.3, -0.25) is 10.1 Å². The average Bonchev–Trinajstić information content (AvgIpc) is 2.97. The molecule has 1 unspecified atom stereocenters. The minimum Gasteiger partial charge on any atom is -0.446 e. The Morgan fingerprint density at radius 1 is 0.950 bits per heavy atom. The molecule has 1 fully saturated rings. The monoisotopic (exact) mass is 564 g/mol. The summed E-state index contributed by atoms with van der Waals surface area (Å²) in [6, 6.07) is 24.0. The molecule has 0 radical (unpaired) electrons. The van der Waals surface area contributed by atoms with Crippen LogP contribution in [0, 0.1) is 0 Å². The van der Waals surface area contributed by atoms with Crippen molar-refractivity contribution < 1.29 is 22.7 Å². The first kappa shape index (κ1) is 29.3. The summed E-state index contributed by atoms with van der Waals surface area (Å²) in [6.07, 6.45) is 1.04. The fourth-order valence-electron chi connectivity index (χ4n) is 4.63. The number of carbonyl (C=O) groups is 2. The molecule has 4 N–H and O–H groups in total. The van der Waals surface area contributed by atoms with E-state index in [2.05, 4.69) is 15.5 Å². The number of hydrogen-bond donors (Lipinski definition) is 3. The van der Waals surface area contributed by atoms with Crippen molar-refractivity contribution in [3.63, 3.8) is 0 Å². The molecule has 3 aromatic carbocycles. The Kier molecular flexibility index (Phi) is 9.92. The lowest BCUT2D eigenvalue weighted by atomic mass is 10.0. The number of anilines is 2. The maximum absolute atomic E-state index is 12.6. The zero-order chi connectivity index (χ0) is 28.5. The number of sulfone groups is 1. The third-order valence-electron chi connectivity index (χ3n) is 7.02.